The molecule has 21 heavy (non-hydrogen) atoms. The van der Waals surface area contributed by atoms with Gasteiger partial charge in [0.25, 0.3) is 5.69 Å². The Kier molecular flexibility index (Phi) is 4.55. The number of carbonyl (C=O) groups is 1. The molecule has 0 fully saturated rings. The number of hydrogen-bond donors (Lipinski definition) is 0. The van der Waals surface area contributed by atoms with Crippen molar-refractivity contribution < 1.29 is 14.5 Å². The molecule has 2 rings (SSSR count). The Morgan fingerprint density at radius 1 is 1.29 bits per heavy atom. The average Bonchev–Trinajstić information content (AvgIpc) is 2.44. The molecule has 0 saturated heterocycles. The second-order valence-electron chi connectivity index (χ2n) is 4.43. The maximum atomic E-state index is 11.9. The number of aryl methyl sites for hydroxylation is 1. The van der Waals surface area contributed by atoms with E-state index in [9.17, 15) is 14.9 Å². The summed E-state index contributed by atoms with van der Waals surface area (Å²) in [6.07, 6.45) is 0. The zero-order valence-electron chi connectivity index (χ0n) is 11.2. The molecule has 0 bridgehead atoms. The van der Waals surface area contributed by atoms with E-state index in [4.69, 9.17) is 16.3 Å². The van der Waals surface area contributed by atoms with Crippen LogP contribution >= 0.6 is 11.6 Å². The minimum atomic E-state index is -0.462. The summed E-state index contributed by atoms with van der Waals surface area (Å²) in [5.41, 5.74) is 0.956. The first-order valence-corrected chi connectivity index (χ1v) is 6.52. The molecule has 0 radical (unpaired) electrons. The van der Waals surface area contributed by atoms with E-state index >= 15 is 0 Å². The second kappa shape index (κ2) is 6.37. The fourth-order valence-corrected chi connectivity index (χ4v) is 2.01. The van der Waals surface area contributed by atoms with E-state index in [1.165, 1.54) is 18.2 Å². The van der Waals surface area contributed by atoms with Crippen LogP contribution in [-0.2, 0) is 0 Å². The number of rotatable bonds is 5. The third-order valence-corrected chi connectivity index (χ3v) is 3.12. The Bertz CT molecular complexity index is 700. The fourth-order valence-electron chi connectivity index (χ4n) is 1.82. The van der Waals surface area contributed by atoms with Crippen molar-refractivity contribution in [1.29, 1.82) is 0 Å². The van der Waals surface area contributed by atoms with Gasteiger partial charge in [-0.05, 0) is 31.2 Å². The highest BCUT2D eigenvalue weighted by Crippen LogP contribution is 2.23. The third kappa shape index (κ3) is 3.79. The molecule has 0 aromatic heterocycles. The Morgan fingerprint density at radius 3 is 2.67 bits per heavy atom. The minimum Gasteiger partial charge on any atom is -0.485 e. The number of nitrogens with zero attached hydrogens (tertiary/aromatic N) is 1. The molecule has 2 aromatic carbocycles. The number of benzene rings is 2. The van der Waals surface area contributed by atoms with Gasteiger partial charge in [-0.2, -0.15) is 0 Å². The number of hydrogen-bond acceptors (Lipinski definition) is 4. The van der Waals surface area contributed by atoms with E-state index in [0.717, 1.165) is 0 Å². The smallest absolute Gasteiger partial charge is 0.272 e. The summed E-state index contributed by atoms with van der Waals surface area (Å²) in [7, 11) is 0. The second-order valence-corrected chi connectivity index (χ2v) is 4.86. The van der Waals surface area contributed by atoms with Crippen molar-refractivity contribution in [2.45, 2.75) is 6.92 Å². The van der Waals surface area contributed by atoms with E-state index in [0.29, 0.717) is 21.9 Å². The Labute approximate surface area is 126 Å². The van der Waals surface area contributed by atoms with Gasteiger partial charge >= 0.3 is 0 Å². The molecule has 0 unspecified atom stereocenters. The molecule has 6 heteroatoms. The number of carbonyl (C=O) groups excluding carboxylic acids is 1. The summed E-state index contributed by atoms with van der Waals surface area (Å²) in [5, 5.41) is 11.2. The zero-order valence-corrected chi connectivity index (χ0v) is 12.0. The first-order chi connectivity index (χ1) is 9.97. The van der Waals surface area contributed by atoms with Crippen molar-refractivity contribution in [3.8, 4) is 5.75 Å². The van der Waals surface area contributed by atoms with E-state index in [-0.39, 0.29) is 18.1 Å². The summed E-state index contributed by atoms with van der Waals surface area (Å²) < 4.78 is 5.36. The maximum absolute atomic E-state index is 11.9. The standard InChI is InChI=1S/C15H12ClNO4/c1-10-7-13(5-6-14(10)17(19)20)21-9-15(18)11-3-2-4-12(16)8-11/h2-8H,9H2,1H3. The van der Waals surface area contributed by atoms with Crippen molar-refractivity contribution in [3.05, 3.63) is 68.7 Å². The van der Waals surface area contributed by atoms with Crippen LogP contribution in [0.15, 0.2) is 42.5 Å². The summed E-state index contributed by atoms with van der Waals surface area (Å²) >= 11 is 5.82. The van der Waals surface area contributed by atoms with Gasteiger partial charge in [-0.25, -0.2) is 0 Å². The monoisotopic (exact) mass is 305 g/mol. The number of nitro benzene ring substituents is 1. The third-order valence-electron chi connectivity index (χ3n) is 2.88. The molecule has 2 aromatic rings. The number of halogens is 1. The lowest BCUT2D eigenvalue weighted by Gasteiger charge is -2.07. The molecular formula is C15H12ClNO4. The van der Waals surface area contributed by atoms with Gasteiger partial charge in [0.1, 0.15) is 5.75 Å². The van der Waals surface area contributed by atoms with Crippen LogP contribution in [-0.4, -0.2) is 17.3 Å². The summed E-state index contributed by atoms with van der Waals surface area (Å²) in [6, 6.07) is 10.9. The predicted octanol–water partition coefficient (Wildman–Crippen LogP) is 3.82. The molecule has 5 nitrogen and oxygen atoms in total. The normalized spacial score (nSPS) is 10.2. The summed E-state index contributed by atoms with van der Waals surface area (Å²) in [5.74, 6) is 0.196. The van der Waals surface area contributed by atoms with Crippen molar-refractivity contribution >= 4 is 23.1 Å². The molecule has 0 amide bonds. The first-order valence-electron chi connectivity index (χ1n) is 6.14. The quantitative estimate of drug-likeness (QED) is 0.478. The van der Waals surface area contributed by atoms with Gasteiger partial charge in [0, 0.05) is 22.2 Å². The highest BCUT2D eigenvalue weighted by atomic mass is 35.5. The van der Waals surface area contributed by atoms with Crippen LogP contribution in [0, 0.1) is 17.0 Å². The van der Waals surface area contributed by atoms with Gasteiger partial charge in [-0.15, -0.1) is 0 Å². The Balaban J connectivity index is 2.05. The highest BCUT2D eigenvalue weighted by molar-refractivity contribution is 6.31. The number of nitro groups is 1. The molecular weight excluding hydrogens is 294 g/mol. The number of ketones is 1. The van der Waals surface area contributed by atoms with Gasteiger partial charge in [-0.3, -0.25) is 14.9 Å². The topological polar surface area (TPSA) is 69.4 Å². The minimum absolute atomic E-state index is 0.0171. The van der Waals surface area contributed by atoms with Crippen LogP contribution in [0.25, 0.3) is 0 Å². The van der Waals surface area contributed by atoms with Gasteiger partial charge in [0.2, 0.25) is 0 Å². The number of Topliss-reactive ketones (excluding diaryl/α,β-unsaturated/α-hetero) is 1. The van der Waals surface area contributed by atoms with E-state index in [1.54, 1.807) is 31.2 Å². The van der Waals surface area contributed by atoms with Gasteiger partial charge < -0.3 is 4.74 Å². The van der Waals surface area contributed by atoms with Gasteiger partial charge in [-0.1, -0.05) is 23.7 Å². The van der Waals surface area contributed by atoms with Crippen LogP contribution < -0.4 is 4.74 Å². The van der Waals surface area contributed by atoms with Crippen LogP contribution in [0.4, 0.5) is 5.69 Å². The van der Waals surface area contributed by atoms with Crippen LogP contribution in [0.3, 0.4) is 0 Å². The van der Waals surface area contributed by atoms with E-state index in [2.05, 4.69) is 0 Å². The molecule has 0 N–H and O–H groups in total. The Hall–Kier alpha value is -2.40. The lowest BCUT2D eigenvalue weighted by atomic mass is 10.1. The zero-order chi connectivity index (χ0) is 15.4. The molecule has 0 aliphatic rings. The maximum Gasteiger partial charge on any atom is 0.272 e. The molecule has 0 aliphatic heterocycles. The first kappa shape index (κ1) is 15.0. The molecule has 0 saturated carbocycles. The van der Waals surface area contributed by atoms with Crippen molar-refractivity contribution in [1.82, 2.24) is 0 Å². The SMILES string of the molecule is Cc1cc(OCC(=O)c2cccc(Cl)c2)ccc1[N+](=O)[O-]. The fraction of sp³-hybridized carbons (Fsp3) is 0.133. The summed E-state index contributed by atoms with van der Waals surface area (Å²) in [6.45, 7) is 1.46. The Morgan fingerprint density at radius 2 is 2.05 bits per heavy atom. The molecule has 0 heterocycles. The van der Waals surface area contributed by atoms with E-state index in [1.807, 2.05) is 0 Å². The largest absolute Gasteiger partial charge is 0.485 e. The van der Waals surface area contributed by atoms with Crippen molar-refractivity contribution in [2.24, 2.45) is 0 Å². The predicted molar refractivity (Wildman–Crippen MR) is 79.1 cm³/mol. The van der Waals surface area contributed by atoms with Gasteiger partial charge in [0.15, 0.2) is 12.4 Å². The average molecular weight is 306 g/mol. The molecule has 0 atom stereocenters. The lowest BCUT2D eigenvalue weighted by molar-refractivity contribution is -0.385. The van der Waals surface area contributed by atoms with Crippen molar-refractivity contribution in [3.63, 3.8) is 0 Å². The summed E-state index contributed by atoms with van der Waals surface area (Å²) in [4.78, 5) is 22.2. The van der Waals surface area contributed by atoms with Gasteiger partial charge in [0.05, 0.1) is 4.92 Å². The molecule has 108 valence electrons. The van der Waals surface area contributed by atoms with Crippen LogP contribution in [0.1, 0.15) is 15.9 Å². The number of ether oxygens (including phenoxy) is 1. The van der Waals surface area contributed by atoms with Crippen LogP contribution in [0.2, 0.25) is 5.02 Å². The molecule has 0 spiro atoms. The molecule has 0 aliphatic carbocycles. The lowest BCUT2D eigenvalue weighted by Crippen LogP contribution is -2.11. The van der Waals surface area contributed by atoms with Crippen molar-refractivity contribution in [2.75, 3.05) is 6.61 Å². The van der Waals surface area contributed by atoms with E-state index < -0.39 is 4.92 Å². The van der Waals surface area contributed by atoms with Crippen LogP contribution in [0.5, 0.6) is 5.75 Å². The highest BCUT2D eigenvalue weighted by Gasteiger charge is 2.12.